The Bertz CT molecular complexity index is 3110. The van der Waals surface area contributed by atoms with Gasteiger partial charge in [0.1, 0.15) is 0 Å². The predicted molar refractivity (Wildman–Crippen MR) is 238 cm³/mol. The number of hydrogen-bond donors (Lipinski definition) is 0. The molecule has 7 aromatic carbocycles. The summed E-state index contributed by atoms with van der Waals surface area (Å²) in [5, 5.41) is 5.15. The lowest BCUT2D eigenvalue weighted by molar-refractivity contribution is 1.18. The average Bonchev–Trinajstić information content (AvgIpc) is 3.86. The van der Waals surface area contributed by atoms with Crippen LogP contribution < -0.4 is 0 Å². The second-order valence-electron chi connectivity index (χ2n) is 14.0. The van der Waals surface area contributed by atoms with E-state index < -0.39 is 0 Å². The Morgan fingerprint density at radius 3 is 1.46 bits per heavy atom. The van der Waals surface area contributed by atoms with Gasteiger partial charge in [-0.05, 0) is 88.0 Å². The summed E-state index contributed by atoms with van der Waals surface area (Å²) in [5.41, 5.74) is 11.7. The Labute approximate surface area is 331 Å². The van der Waals surface area contributed by atoms with Crippen LogP contribution >= 0.6 is 22.7 Å². The van der Waals surface area contributed by atoms with E-state index in [1.165, 1.54) is 51.5 Å². The van der Waals surface area contributed by atoms with Crippen LogP contribution in [0.25, 0.3) is 108 Å². The third-order valence-corrected chi connectivity index (χ3v) is 12.9. The summed E-state index contributed by atoms with van der Waals surface area (Å²) in [6.45, 7) is 0. The highest BCUT2D eigenvalue weighted by molar-refractivity contribution is 7.26. The van der Waals surface area contributed by atoms with Crippen molar-refractivity contribution in [1.82, 2.24) is 15.0 Å². The van der Waals surface area contributed by atoms with Crippen LogP contribution in [-0.4, -0.2) is 15.0 Å². The van der Waals surface area contributed by atoms with Gasteiger partial charge in [0, 0.05) is 69.4 Å². The quantitative estimate of drug-likeness (QED) is 0.170. The van der Waals surface area contributed by atoms with Gasteiger partial charge in [-0.15, -0.1) is 22.7 Å². The fourth-order valence-electron chi connectivity index (χ4n) is 7.94. The van der Waals surface area contributed by atoms with Gasteiger partial charge in [0.15, 0.2) is 5.82 Å². The zero-order valence-corrected chi connectivity index (χ0v) is 31.7. The zero-order valence-electron chi connectivity index (χ0n) is 30.1. The van der Waals surface area contributed by atoms with Gasteiger partial charge in [0.25, 0.3) is 0 Å². The van der Waals surface area contributed by atoms with Crippen molar-refractivity contribution in [3.8, 4) is 67.3 Å². The van der Waals surface area contributed by atoms with E-state index in [0.717, 1.165) is 50.3 Å². The molecule has 11 aromatic rings. The topological polar surface area (TPSA) is 38.7 Å². The number of aromatic nitrogens is 3. The molecule has 0 spiro atoms. The fraction of sp³-hybridized carbons (Fsp3) is 0. The van der Waals surface area contributed by atoms with E-state index in [1.54, 1.807) is 6.20 Å². The molecule has 0 saturated carbocycles. The van der Waals surface area contributed by atoms with E-state index in [4.69, 9.17) is 9.97 Å². The summed E-state index contributed by atoms with van der Waals surface area (Å²) >= 11 is 3.70. The van der Waals surface area contributed by atoms with E-state index in [9.17, 15) is 0 Å². The van der Waals surface area contributed by atoms with Crippen molar-refractivity contribution in [2.45, 2.75) is 0 Å². The van der Waals surface area contributed by atoms with E-state index in [-0.39, 0.29) is 0 Å². The molecular formula is C51H31N3S2. The summed E-state index contributed by atoms with van der Waals surface area (Å²) in [4.78, 5) is 14.9. The molecule has 5 heteroatoms. The molecule has 262 valence electrons. The number of hydrogen-bond acceptors (Lipinski definition) is 5. The number of fused-ring (bicyclic) bond motifs is 6. The van der Waals surface area contributed by atoms with Crippen LogP contribution in [0.4, 0.5) is 0 Å². The number of nitrogens with zero attached hydrogens (tertiary/aromatic N) is 3. The van der Waals surface area contributed by atoms with Crippen molar-refractivity contribution in [2.75, 3.05) is 0 Å². The molecule has 0 unspecified atom stereocenters. The van der Waals surface area contributed by atoms with Gasteiger partial charge in [-0.2, -0.15) is 0 Å². The molecule has 0 bridgehead atoms. The summed E-state index contributed by atoms with van der Waals surface area (Å²) < 4.78 is 5.16. The maximum Gasteiger partial charge on any atom is 0.160 e. The first-order chi connectivity index (χ1) is 27.7. The molecule has 0 radical (unpaired) electrons. The lowest BCUT2D eigenvalue weighted by Crippen LogP contribution is -1.97. The maximum atomic E-state index is 5.36. The van der Waals surface area contributed by atoms with Crippen LogP contribution in [0, 0.1) is 0 Å². The van der Waals surface area contributed by atoms with E-state index in [0.29, 0.717) is 5.82 Å². The van der Waals surface area contributed by atoms with Gasteiger partial charge in [-0.25, -0.2) is 9.97 Å². The highest BCUT2D eigenvalue weighted by Gasteiger charge is 2.18. The summed E-state index contributed by atoms with van der Waals surface area (Å²) in [6.07, 6.45) is 3.69. The third-order valence-electron chi connectivity index (χ3n) is 10.6. The lowest BCUT2D eigenvalue weighted by atomic mass is 9.91. The Kier molecular flexibility index (Phi) is 7.87. The van der Waals surface area contributed by atoms with Gasteiger partial charge < -0.3 is 0 Å². The van der Waals surface area contributed by atoms with Crippen molar-refractivity contribution < 1.29 is 0 Å². The molecule has 0 aliphatic carbocycles. The number of thiophene rings is 2. The first-order valence-corrected chi connectivity index (χ1v) is 20.3. The maximum absolute atomic E-state index is 5.36. The average molecular weight is 750 g/mol. The van der Waals surface area contributed by atoms with Crippen LogP contribution in [0.3, 0.4) is 0 Å². The first kappa shape index (κ1) is 32.6. The van der Waals surface area contributed by atoms with E-state index in [2.05, 4.69) is 169 Å². The molecule has 4 heterocycles. The Morgan fingerprint density at radius 2 is 0.857 bits per heavy atom. The van der Waals surface area contributed by atoms with Crippen molar-refractivity contribution >= 4 is 63.0 Å². The molecule has 0 saturated heterocycles. The monoisotopic (exact) mass is 749 g/mol. The predicted octanol–water partition coefficient (Wildman–Crippen LogP) is 14.6. The van der Waals surface area contributed by atoms with Gasteiger partial charge >= 0.3 is 0 Å². The SMILES string of the molecule is c1ccc(-c2cc(-c3cc(-c4cccc5sc6ccccc6c45)cc(-c4cccc5sc6ccccc6c45)c3)nc(-c3ccc(-c4cccnc4)cc3)n2)cc1. The smallest absolute Gasteiger partial charge is 0.160 e. The summed E-state index contributed by atoms with van der Waals surface area (Å²) in [5.74, 6) is 0.683. The van der Waals surface area contributed by atoms with E-state index in [1.807, 2.05) is 41.0 Å². The zero-order chi connectivity index (χ0) is 37.0. The molecule has 56 heavy (non-hydrogen) atoms. The minimum Gasteiger partial charge on any atom is -0.264 e. The minimum atomic E-state index is 0.683. The second kappa shape index (κ2) is 13.5. The van der Waals surface area contributed by atoms with Gasteiger partial charge in [-0.1, -0.05) is 121 Å². The van der Waals surface area contributed by atoms with E-state index >= 15 is 0 Å². The number of benzene rings is 7. The van der Waals surface area contributed by atoms with Gasteiger partial charge in [0.2, 0.25) is 0 Å². The Balaban J connectivity index is 1.16. The molecule has 0 N–H and O–H groups in total. The molecular weight excluding hydrogens is 719 g/mol. The molecule has 0 fully saturated rings. The summed E-state index contributed by atoms with van der Waals surface area (Å²) in [7, 11) is 0. The molecule has 0 aliphatic heterocycles. The largest absolute Gasteiger partial charge is 0.264 e. The van der Waals surface area contributed by atoms with Crippen molar-refractivity contribution in [3.05, 3.63) is 188 Å². The fourth-order valence-corrected chi connectivity index (χ4v) is 10.2. The third kappa shape index (κ3) is 5.68. The normalized spacial score (nSPS) is 11.6. The standard InChI is InChI=1S/C51H31N3S2/c1-2-11-33(12-3-1)43-30-44(54-51(53-43)34-24-22-32(23-25-34)35-13-10-26-52-31-35)38-28-36(39-16-8-20-47-49(39)41-14-4-6-18-45(41)55-47)27-37(29-38)40-17-9-21-48-50(40)42-15-5-7-19-46(42)56-48/h1-31H. The molecule has 4 aromatic heterocycles. The molecule has 0 amide bonds. The molecule has 3 nitrogen and oxygen atoms in total. The van der Waals surface area contributed by atoms with Crippen LogP contribution in [-0.2, 0) is 0 Å². The minimum absolute atomic E-state index is 0.683. The second-order valence-corrected chi connectivity index (χ2v) is 16.2. The van der Waals surface area contributed by atoms with Crippen molar-refractivity contribution in [2.24, 2.45) is 0 Å². The lowest BCUT2D eigenvalue weighted by Gasteiger charge is -2.15. The van der Waals surface area contributed by atoms with Crippen LogP contribution in [0.15, 0.2) is 188 Å². The Hall–Kier alpha value is -6.79. The molecule has 0 atom stereocenters. The summed E-state index contributed by atoms with van der Waals surface area (Å²) in [6, 6.07) is 63.0. The van der Waals surface area contributed by atoms with Crippen LogP contribution in [0.1, 0.15) is 0 Å². The number of rotatable bonds is 6. The van der Waals surface area contributed by atoms with Gasteiger partial charge in [0.05, 0.1) is 11.4 Å². The molecule has 11 rings (SSSR count). The van der Waals surface area contributed by atoms with Crippen LogP contribution in [0.5, 0.6) is 0 Å². The number of pyridine rings is 1. The van der Waals surface area contributed by atoms with Gasteiger partial charge in [-0.3, -0.25) is 4.98 Å². The highest BCUT2D eigenvalue weighted by Crippen LogP contribution is 2.45. The highest BCUT2D eigenvalue weighted by atomic mass is 32.1. The van der Waals surface area contributed by atoms with Crippen molar-refractivity contribution in [1.29, 1.82) is 0 Å². The van der Waals surface area contributed by atoms with Crippen LogP contribution in [0.2, 0.25) is 0 Å². The molecule has 0 aliphatic rings. The first-order valence-electron chi connectivity index (χ1n) is 18.7. The Morgan fingerprint density at radius 1 is 0.339 bits per heavy atom. The van der Waals surface area contributed by atoms with Crippen molar-refractivity contribution in [3.63, 3.8) is 0 Å².